The molecular formula is C18H31NO. The molecule has 0 saturated heterocycles. The van der Waals surface area contributed by atoms with Crippen molar-refractivity contribution in [2.24, 2.45) is 5.92 Å². The van der Waals surface area contributed by atoms with Crippen LogP contribution < -0.4 is 10.1 Å². The van der Waals surface area contributed by atoms with E-state index in [1.165, 1.54) is 49.8 Å². The van der Waals surface area contributed by atoms with Crippen LogP contribution in [-0.4, -0.2) is 20.2 Å². The highest BCUT2D eigenvalue weighted by atomic mass is 16.5. The zero-order valence-electron chi connectivity index (χ0n) is 13.7. The predicted octanol–water partition coefficient (Wildman–Crippen LogP) is 4.35. The smallest absolute Gasteiger partial charge is 0.121 e. The van der Waals surface area contributed by atoms with Crippen molar-refractivity contribution < 1.29 is 4.74 Å². The van der Waals surface area contributed by atoms with E-state index in [1.807, 2.05) is 0 Å². The molecule has 0 unspecified atom stereocenters. The molecule has 0 heterocycles. The van der Waals surface area contributed by atoms with E-state index in [0.717, 1.165) is 18.2 Å². The van der Waals surface area contributed by atoms with Gasteiger partial charge < -0.3 is 10.1 Å². The minimum absolute atomic E-state index is 0.758. The number of nitrogens with one attached hydrogen (secondary N) is 1. The normalized spacial score (nSPS) is 11.1. The van der Waals surface area contributed by atoms with Gasteiger partial charge in [-0.15, -0.1) is 0 Å². The molecule has 2 nitrogen and oxygen atoms in total. The monoisotopic (exact) mass is 277 g/mol. The lowest BCUT2D eigenvalue weighted by Gasteiger charge is -2.08. The van der Waals surface area contributed by atoms with E-state index in [-0.39, 0.29) is 0 Å². The first-order valence-corrected chi connectivity index (χ1v) is 7.97. The fourth-order valence-corrected chi connectivity index (χ4v) is 2.42. The van der Waals surface area contributed by atoms with Gasteiger partial charge in [0.2, 0.25) is 0 Å². The van der Waals surface area contributed by atoms with Gasteiger partial charge in [0.25, 0.3) is 0 Å². The molecule has 1 N–H and O–H groups in total. The molecule has 1 aromatic rings. The molecule has 0 amide bonds. The fourth-order valence-electron chi connectivity index (χ4n) is 2.42. The molecule has 114 valence electrons. The number of hydrogen-bond donors (Lipinski definition) is 1. The van der Waals surface area contributed by atoms with Crippen LogP contribution in [-0.2, 0) is 6.42 Å². The summed E-state index contributed by atoms with van der Waals surface area (Å²) in [6.07, 6.45) is 6.43. The van der Waals surface area contributed by atoms with Gasteiger partial charge in [-0.05, 0) is 62.4 Å². The molecule has 20 heavy (non-hydrogen) atoms. The van der Waals surface area contributed by atoms with Crippen LogP contribution in [0.2, 0.25) is 0 Å². The average Bonchev–Trinajstić information content (AvgIpc) is 2.41. The minimum atomic E-state index is 0.758. The summed E-state index contributed by atoms with van der Waals surface area (Å²) >= 11 is 0. The van der Waals surface area contributed by atoms with E-state index in [1.54, 1.807) is 7.11 Å². The summed E-state index contributed by atoms with van der Waals surface area (Å²) in [5, 5.41) is 3.50. The van der Waals surface area contributed by atoms with Crippen LogP contribution in [0.3, 0.4) is 0 Å². The number of ether oxygens (including phenoxy) is 1. The zero-order valence-corrected chi connectivity index (χ0v) is 13.7. The lowest BCUT2D eigenvalue weighted by molar-refractivity contribution is 0.411. The lowest BCUT2D eigenvalue weighted by Crippen LogP contribution is -2.20. The topological polar surface area (TPSA) is 21.3 Å². The fraction of sp³-hybridized carbons (Fsp3) is 0.667. The molecule has 0 aromatic heterocycles. The molecule has 1 aromatic carbocycles. The third-order valence-electron chi connectivity index (χ3n) is 3.58. The molecule has 1 rings (SSSR count). The molecule has 0 saturated carbocycles. The highest BCUT2D eigenvalue weighted by Crippen LogP contribution is 2.19. The Morgan fingerprint density at radius 3 is 2.50 bits per heavy atom. The number of methoxy groups -OCH3 is 1. The van der Waals surface area contributed by atoms with Crippen molar-refractivity contribution in [2.45, 2.75) is 52.9 Å². The van der Waals surface area contributed by atoms with Gasteiger partial charge in [0.15, 0.2) is 0 Å². The Morgan fingerprint density at radius 1 is 1.10 bits per heavy atom. The average molecular weight is 277 g/mol. The summed E-state index contributed by atoms with van der Waals surface area (Å²) in [4.78, 5) is 0. The summed E-state index contributed by atoms with van der Waals surface area (Å²) in [6, 6.07) is 6.53. The first kappa shape index (κ1) is 17.0. The molecule has 0 fully saturated rings. The van der Waals surface area contributed by atoms with Crippen LogP contribution in [0, 0.1) is 12.8 Å². The van der Waals surface area contributed by atoms with Crippen molar-refractivity contribution in [2.75, 3.05) is 20.2 Å². The second kappa shape index (κ2) is 9.82. The Balaban J connectivity index is 2.08. The Hall–Kier alpha value is -1.02. The van der Waals surface area contributed by atoms with E-state index in [2.05, 4.69) is 44.3 Å². The third kappa shape index (κ3) is 6.95. The number of aryl methyl sites for hydroxylation is 2. The lowest BCUT2D eigenvalue weighted by atomic mass is 10.0. The standard InChI is InChI=1S/C18H31NO/c1-15(2)14-19-12-8-6-5-7-9-17-10-11-18(20-4)16(3)13-17/h10-11,13,15,19H,5-9,12,14H2,1-4H3. The third-order valence-corrected chi connectivity index (χ3v) is 3.58. The zero-order chi connectivity index (χ0) is 14.8. The van der Waals surface area contributed by atoms with Crippen LogP contribution in [0.25, 0.3) is 0 Å². The first-order valence-electron chi connectivity index (χ1n) is 7.97. The Morgan fingerprint density at radius 2 is 1.85 bits per heavy atom. The first-order chi connectivity index (χ1) is 9.63. The Kier molecular flexibility index (Phi) is 8.36. The van der Waals surface area contributed by atoms with Gasteiger partial charge in [-0.3, -0.25) is 0 Å². The van der Waals surface area contributed by atoms with Gasteiger partial charge in [0.05, 0.1) is 7.11 Å². The molecule has 0 bridgehead atoms. The van der Waals surface area contributed by atoms with E-state index < -0.39 is 0 Å². The van der Waals surface area contributed by atoms with Crippen LogP contribution >= 0.6 is 0 Å². The quantitative estimate of drug-likeness (QED) is 0.642. The van der Waals surface area contributed by atoms with Gasteiger partial charge in [0.1, 0.15) is 5.75 Å². The van der Waals surface area contributed by atoms with E-state index in [0.29, 0.717) is 0 Å². The second-order valence-corrected chi connectivity index (χ2v) is 6.07. The van der Waals surface area contributed by atoms with E-state index in [4.69, 9.17) is 4.74 Å². The SMILES string of the molecule is COc1ccc(CCCCCCNCC(C)C)cc1C. The molecule has 0 atom stereocenters. The number of benzene rings is 1. The number of rotatable bonds is 10. The Labute approximate surface area is 124 Å². The largest absolute Gasteiger partial charge is 0.496 e. The molecule has 0 radical (unpaired) electrons. The molecular weight excluding hydrogens is 246 g/mol. The Bertz CT molecular complexity index is 374. The van der Waals surface area contributed by atoms with E-state index >= 15 is 0 Å². The highest BCUT2D eigenvalue weighted by molar-refractivity contribution is 5.36. The molecule has 0 aliphatic rings. The summed E-state index contributed by atoms with van der Waals surface area (Å²) in [5.41, 5.74) is 2.67. The van der Waals surface area contributed by atoms with Crippen LogP contribution in [0.5, 0.6) is 5.75 Å². The van der Waals surface area contributed by atoms with Gasteiger partial charge in [0, 0.05) is 0 Å². The van der Waals surface area contributed by atoms with Crippen molar-refractivity contribution in [1.82, 2.24) is 5.32 Å². The van der Waals surface area contributed by atoms with Crippen LogP contribution in [0.1, 0.15) is 50.7 Å². The van der Waals surface area contributed by atoms with Gasteiger partial charge >= 0.3 is 0 Å². The molecule has 0 spiro atoms. The summed E-state index contributed by atoms with van der Waals surface area (Å²) in [6.45, 7) is 8.93. The van der Waals surface area contributed by atoms with Crippen molar-refractivity contribution in [3.63, 3.8) is 0 Å². The van der Waals surface area contributed by atoms with Crippen molar-refractivity contribution in [1.29, 1.82) is 0 Å². The van der Waals surface area contributed by atoms with Crippen molar-refractivity contribution in [3.05, 3.63) is 29.3 Å². The second-order valence-electron chi connectivity index (χ2n) is 6.07. The maximum atomic E-state index is 5.29. The maximum absolute atomic E-state index is 5.29. The summed E-state index contributed by atoms with van der Waals surface area (Å²) in [7, 11) is 1.73. The van der Waals surface area contributed by atoms with Gasteiger partial charge in [-0.25, -0.2) is 0 Å². The summed E-state index contributed by atoms with van der Waals surface area (Å²) < 4.78 is 5.29. The van der Waals surface area contributed by atoms with Gasteiger partial charge in [-0.1, -0.05) is 38.8 Å². The molecule has 0 aliphatic heterocycles. The maximum Gasteiger partial charge on any atom is 0.121 e. The molecule has 0 aliphatic carbocycles. The predicted molar refractivity (Wildman–Crippen MR) is 87.6 cm³/mol. The summed E-state index contributed by atoms with van der Waals surface area (Å²) in [5.74, 6) is 1.75. The number of hydrogen-bond acceptors (Lipinski definition) is 2. The van der Waals surface area contributed by atoms with Crippen molar-refractivity contribution in [3.8, 4) is 5.75 Å². The number of unbranched alkanes of at least 4 members (excludes halogenated alkanes) is 3. The van der Waals surface area contributed by atoms with E-state index in [9.17, 15) is 0 Å². The highest BCUT2D eigenvalue weighted by Gasteiger charge is 2.00. The van der Waals surface area contributed by atoms with Crippen LogP contribution in [0.4, 0.5) is 0 Å². The van der Waals surface area contributed by atoms with Crippen molar-refractivity contribution >= 4 is 0 Å². The molecule has 2 heteroatoms. The van der Waals surface area contributed by atoms with Crippen LogP contribution in [0.15, 0.2) is 18.2 Å². The minimum Gasteiger partial charge on any atom is -0.496 e. The van der Waals surface area contributed by atoms with Gasteiger partial charge in [-0.2, -0.15) is 0 Å².